The van der Waals surface area contributed by atoms with Crippen molar-refractivity contribution >= 4 is 11.0 Å². The van der Waals surface area contributed by atoms with E-state index in [2.05, 4.69) is 49.8 Å². The number of nitrogens with one attached hydrogen (secondary N) is 1. The summed E-state index contributed by atoms with van der Waals surface area (Å²) in [7, 11) is 0. The van der Waals surface area contributed by atoms with E-state index in [-0.39, 0.29) is 5.41 Å². The molecule has 1 N–H and O–H groups in total. The molecule has 0 bridgehead atoms. The summed E-state index contributed by atoms with van der Waals surface area (Å²) in [6, 6.07) is 4.47. The molecule has 2 heteroatoms. The molecule has 0 saturated heterocycles. The highest BCUT2D eigenvalue weighted by molar-refractivity contribution is 5.80. The van der Waals surface area contributed by atoms with Gasteiger partial charge in [0.25, 0.3) is 0 Å². The fourth-order valence-electron chi connectivity index (χ4n) is 1.89. The third-order valence-corrected chi connectivity index (χ3v) is 2.80. The molecule has 0 aliphatic rings. The van der Waals surface area contributed by atoms with Gasteiger partial charge in [-0.15, -0.1) is 0 Å². The summed E-state index contributed by atoms with van der Waals surface area (Å²) in [6.07, 6.45) is 2.84. The second-order valence-electron chi connectivity index (χ2n) is 5.05. The summed E-state index contributed by atoms with van der Waals surface area (Å²) >= 11 is 0. The van der Waals surface area contributed by atoms with Gasteiger partial charge in [-0.05, 0) is 29.0 Å². The molecular weight excluding hydrogens is 184 g/mol. The zero-order valence-electron chi connectivity index (χ0n) is 9.89. The third-order valence-electron chi connectivity index (χ3n) is 2.80. The highest BCUT2D eigenvalue weighted by Gasteiger charge is 2.18. The van der Waals surface area contributed by atoms with Crippen LogP contribution in [0, 0.1) is 0 Å². The maximum Gasteiger partial charge on any atom is 0.0932 e. The van der Waals surface area contributed by atoms with Crippen LogP contribution in [0.25, 0.3) is 11.0 Å². The second-order valence-corrected chi connectivity index (χ2v) is 5.05. The Hall–Kier alpha value is -1.31. The van der Waals surface area contributed by atoms with E-state index in [1.54, 1.807) is 6.33 Å². The average molecular weight is 202 g/mol. The summed E-state index contributed by atoms with van der Waals surface area (Å²) in [5.41, 5.74) is 5.12. The van der Waals surface area contributed by atoms with Crippen molar-refractivity contribution in [2.75, 3.05) is 0 Å². The lowest BCUT2D eigenvalue weighted by Crippen LogP contribution is -2.12. The van der Waals surface area contributed by atoms with Crippen LogP contribution >= 0.6 is 0 Å². The molecule has 1 aromatic carbocycles. The van der Waals surface area contributed by atoms with Crippen molar-refractivity contribution in [2.45, 2.75) is 39.5 Å². The molecule has 15 heavy (non-hydrogen) atoms. The molecule has 0 aliphatic carbocycles. The van der Waals surface area contributed by atoms with Crippen LogP contribution < -0.4 is 0 Å². The van der Waals surface area contributed by atoms with Gasteiger partial charge in [-0.25, -0.2) is 4.98 Å². The molecule has 2 nitrogen and oxygen atoms in total. The Morgan fingerprint density at radius 2 is 2.00 bits per heavy atom. The molecule has 2 aromatic rings. The summed E-state index contributed by atoms with van der Waals surface area (Å²) < 4.78 is 0. The van der Waals surface area contributed by atoms with E-state index in [1.165, 1.54) is 11.1 Å². The fourth-order valence-corrected chi connectivity index (χ4v) is 1.89. The van der Waals surface area contributed by atoms with E-state index in [9.17, 15) is 0 Å². The molecule has 0 aliphatic heterocycles. The number of nitrogens with zero attached hydrogens (tertiary/aromatic N) is 1. The lowest BCUT2D eigenvalue weighted by molar-refractivity contribution is 0.594. The first kappa shape index (κ1) is 10.2. The molecule has 1 aromatic heterocycles. The van der Waals surface area contributed by atoms with Crippen LogP contribution in [0.3, 0.4) is 0 Å². The van der Waals surface area contributed by atoms with Crippen LogP contribution in [-0.2, 0) is 11.8 Å². The molecular formula is C13H18N2. The molecule has 1 heterocycles. The molecule has 80 valence electrons. The van der Waals surface area contributed by atoms with Gasteiger partial charge >= 0.3 is 0 Å². The number of hydrogen-bond donors (Lipinski definition) is 1. The summed E-state index contributed by atoms with van der Waals surface area (Å²) in [5.74, 6) is 0. The lowest BCUT2D eigenvalue weighted by Gasteiger charge is -2.20. The Bertz CT molecular complexity index is 475. The number of aromatic amines is 1. The first-order valence-corrected chi connectivity index (χ1v) is 5.49. The standard InChI is InChI=1S/C13H18N2/c1-5-9-6-10(13(2,3)4)12-11(7-9)14-8-15-12/h6-8H,5H2,1-4H3,(H,14,15). The van der Waals surface area contributed by atoms with Gasteiger partial charge in [-0.1, -0.05) is 33.8 Å². The molecule has 0 radical (unpaired) electrons. The van der Waals surface area contributed by atoms with E-state index < -0.39 is 0 Å². The molecule has 0 atom stereocenters. The SMILES string of the molecule is CCc1cc(C(C)(C)C)c2nc[nH]c2c1. The van der Waals surface area contributed by atoms with Crippen molar-refractivity contribution < 1.29 is 0 Å². The van der Waals surface area contributed by atoms with Crippen LogP contribution in [0.5, 0.6) is 0 Å². The van der Waals surface area contributed by atoms with Crippen molar-refractivity contribution in [3.8, 4) is 0 Å². The van der Waals surface area contributed by atoms with Crippen LogP contribution in [0.2, 0.25) is 0 Å². The number of aromatic nitrogens is 2. The van der Waals surface area contributed by atoms with Gasteiger partial charge in [0, 0.05) is 0 Å². The average Bonchev–Trinajstić information content (AvgIpc) is 2.61. The number of fused-ring (bicyclic) bond motifs is 1. The Balaban J connectivity index is 2.74. The van der Waals surface area contributed by atoms with Crippen LogP contribution in [0.15, 0.2) is 18.5 Å². The quantitative estimate of drug-likeness (QED) is 0.754. The summed E-state index contributed by atoms with van der Waals surface area (Å²) in [4.78, 5) is 7.60. The van der Waals surface area contributed by atoms with Crippen LogP contribution in [0.1, 0.15) is 38.8 Å². The minimum absolute atomic E-state index is 0.151. The minimum Gasteiger partial charge on any atom is -0.345 e. The predicted octanol–water partition coefficient (Wildman–Crippen LogP) is 3.42. The molecule has 0 fully saturated rings. The summed E-state index contributed by atoms with van der Waals surface area (Å²) in [6.45, 7) is 8.88. The van der Waals surface area contributed by atoms with Gasteiger partial charge in [-0.2, -0.15) is 0 Å². The van der Waals surface area contributed by atoms with Gasteiger partial charge in [0.05, 0.1) is 17.4 Å². The number of hydrogen-bond acceptors (Lipinski definition) is 1. The predicted molar refractivity (Wildman–Crippen MR) is 64.2 cm³/mol. The number of H-pyrrole nitrogens is 1. The Kier molecular flexibility index (Phi) is 2.29. The van der Waals surface area contributed by atoms with E-state index in [0.717, 1.165) is 17.5 Å². The minimum atomic E-state index is 0.151. The number of benzene rings is 1. The first-order chi connectivity index (χ1) is 7.02. The Labute approximate surface area is 90.7 Å². The lowest BCUT2D eigenvalue weighted by atomic mass is 9.85. The Morgan fingerprint density at radius 1 is 1.27 bits per heavy atom. The Morgan fingerprint density at radius 3 is 2.60 bits per heavy atom. The number of aryl methyl sites for hydroxylation is 1. The van der Waals surface area contributed by atoms with Crippen molar-refractivity contribution in [2.24, 2.45) is 0 Å². The fraction of sp³-hybridized carbons (Fsp3) is 0.462. The van der Waals surface area contributed by atoms with Crippen molar-refractivity contribution in [3.63, 3.8) is 0 Å². The van der Waals surface area contributed by atoms with E-state index in [1.807, 2.05) is 0 Å². The molecule has 2 rings (SSSR count). The van der Waals surface area contributed by atoms with Crippen molar-refractivity contribution in [3.05, 3.63) is 29.6 Å². The number of rotatable bonds is 1. The van der Waals surface area contributed by atoms with Crippen LogP contribution in [0.4, 0.5) is 0 Å². The van der Waals surface area contributed by atoms with Gasteiger partial charge in [-0.3, -0.25) is 0 Å². The highest BCUT2D eigenvalue weighted by Crippen LogP contribution is 2.29. The largest absolute Gasteiger partial charge is 0.345 e. The molecule has 0 spiro atoms. The highest BCUT2D eigenvalue weighted by atomic mass is 14.9. The first-order valence-electron chi connectivity index (χ1n) is 5.49. The monoisotopic (exact) mass is 202 g/mol. The van der Waals surface area contributed by atoms with Crippen LogP contribution in [-0.4, -0.2) is 9.97 Å². The zero-order valence-corrected chi connectivity index (χ0v) is 9.89. The van der Waals surface area contributed by atoms with E-state index in [0.29, 0.717) is 0 Å². The van der Waals surface area contributed by atoms with Gasteiger partial charge in [0.2, 0.25) is 0 Å². The topological polar surface area (TPSA) is 28.7 Å². The maximum atomic E-state index is 4.40. The molecule has 0 unspecified atom stereocenters. The van der Waals surface area contributed by atoms with Crippen molar-refractivity contribution in [1.29, 1.82) is 0 Å². The molecule has 0 amide bonds. The normalized spacial score (nSPS) is 12.3. The zero-order chi connectivity index (χ0) is 11.1. The molecule has 0 saturated carbocycles. The summed E-state index contributed by atoms with van der Waals surface area (Å²) in [5, 5.41) is 0. The third kappa shape index (κ3) is 1.76. The van der Waals surface area contributed by atoms with Gasteiger partial charge in [0.15, 0.2) is 0 Å². The second kappa shape index (κ2) is 3.37. The van der Waals surface area contributed by atoms with Gasteiger partial charge in [0.1, 0.15) is 0 Å². The van der Waals surface area contributed by atoms with Crippen molar-refractivity contribution in [1.82, 2.24) is 9.97 Å². The van der Waals surface area contributed by atoms with Gasteiger partial charge < -0.3 is 4.98 Å². The maximum absolute atomic E-state index is 4.40. The van der Waals surface area contributed by atoms with E-state index in [4.69, 9.17) is 0 Å². The smallest absolute Gasteiger partial charge is 0.0932 e. The van der Waals surface area contributed by atoms with E-state index >= 15 is 0 Å². The number of imidazole rings is 1.